The minimum atomic E-state index is -4.41. The summed E-state index contributed by atoms with van der Waals surface area (Å²) in [4.78, 5) is 14.0. The Morgan fingerprint density at radius 1 is 1.39 bits per heavy atom. The molecule has 0 aliphatic carbocycles. The Labute approximate surface area is 133 Å². The van der Waals surface area contributed by atoms with Gasteiger partial charge in [0.15, 0.2) is 6.10 Å². The minimum absolute atomic E-state index is 0.171. The molecule has 128 valence electrons. The fourth-order valence-corrected chi connectivity index (χ4v) is 2.59. The molecule has 1 aliphatic heterocycles. The SMILES string of the molecule is CCN(C(=O)C1COCCO1)C(C)c1cccc(C(F)(F)F)c1. The topological polar surface area (TPSA) is 38.8 Å². The third-order valence-corrected chi connectivity index (χ3v) is 3.88. The highest BCUT2D eigenvalue weighted by atomic mass is 19.4. The summed E-state index contributed by atoms with van der Waals surface area (Å²) in [5.74, 6) is -0.267. The van der Waals surface area contributed by atoms with E-state index >= 15 is 0 Å². The van der Waals surface area contributed by atoms with E-state index in [1.165, 1.54) is 11.0 Å². The summed E-state index contributed by atoms with van der Waals surface area (Å²) < 4.78 is 49.2. The van der Waals surface area contributed by atoms with Crippen LogP contribution in [0.5, 0.6) is 0 Å². The van der Waals surface area contributed by atoms with Crippen molar-refractivity contribution >= 4 is 5.91 Å². The molecule has 1 aliphatic rings. The summed E-state index contributed by atoms with van der Waals surface area (Å²) in [5.41, 5.74) is -0.283. The number of rotatable bonds is 4. The second kappa shape index (κ2) is 7.31. The molecule has 1 fully saturated rings. The van der Waals surface area contributed by atoms with Crippen LogP contribution in [0.25, 0.3) is 0 Å². The molecule has 0 saturated carbocycles. The molecule has 0 spiro atoms. The van der Waals surface area contributed by atoms with Gasteiger partial charge in [-0.05, 0) is 31.5 Å². The maximum absolute atomic E-state index is 12.8. The van der Waals surface area contributed by atoms with Crippen molar-refractivity contribution in [2.75, 3.05) is 26.4 Å². The number of likely N-dealkylation sites (N-methyl/N-ethyl adjacent to an activating group) is 1. The molecule has 1 amide bonds. The highest BCUT2D eigenvalue weighted by Gasteiger charge is 2.33. The number of hydrogen-bond donors (Lipinski definition) is 0. The number of hydrogen-bond acceptors (Lipinski definition) is 3. The van der Waals surface area contributed by atoms with Crippen LogP contribution in [-0.4, -0.2) is 43.3 Å². The standard InChI is InChI=1S/C16H20F3NO3/c1-3-20(15(21)14-10-22-7-8-23-14)11(2)12-5-4-6-13(9-12)16(17,18)19/h4-6,9,11,14H,3,7-8,10H2,1-2H3. The molecule has 2 atom stereocenters. The first-order valence-electron chi connectivity index (χ1n) is 7.51. The normalized spacial score (nSPS) is 20.1. The van der Waals surface area contributed by atoms with E-state index in [1.54, 1.807) is 19.9 Å². The number of ether oxygens (including phenoxy) is 2. The largest absolute Gasteiger partial charge is 0.416 e. The molecule has 0 aromatic heterocycles. The van der Waals surface area contributed by atoms with Crippen molar-refractivity contribution in [2.24, 2.45) is 0 Å². The van der Waals surface area contributed by atoms with E-state index < -0.39 is 23.9 Å². The summed E-state index contributed by atoms with van der Waals surface area (Å²) in [5, 5.41) is 0. The van der Waals surface area contributed by atoms with E-state index in [2.05, 4.69) is 0 Å². The van der Waals surface area contributed by atoms with Crippen molar-refractivity contribution in [3.8, 4) is 0 Å². The van der Waals surface area contributed by atoms with Crippen molar-refractivity contribution < 1.29 is 27.4 Å². The lowest BCUT2D eigenvalue weighted by molar-refractivity contribution is -0.159. The van der Waals surface area contributed by atoms with Gasteiger partial charge in [-0.1, -0.05) is 12.1 Å². The maximum atomic E-state index is 12.8. The number of carbonyl (C=O) groups excluding carboxylic acids is 1. The lowest BCUT2D eigenvalue weighted by Crippen LogP contribution is -2.46. The molecule has 1 heterocycles. The van der Waals surface area contributed by atoms with Crippen molar-refractivity contribution in [3.63, 3.8) is 0 Å². The average Bonchev–Trinajstić information content (AvgIpc) is 2.55. The summed E-state index contributed by atoms with van der Waals surface area (Å²) in [7, 11) is 0. The first-order valence-corrected chi connectivity index (χ1v) is 7.51. The van der Waals surface area contributed by atoms with Crippen molar-refractivity contribution in [1.29, 1.82) is 0 Å². The molecular weight excluding hydrogens is 311 g/mol. The van der Waals surface area contributed by atoms with Gasteiger partial charge in [0, 0.05) is 6.54 Å². The number of alkyl halides is 3. The molecule has 4 nitrogen and oxygen atoms in total. The van der Waals surface area contributed by atoms with Crippen LogP contribution in [0, 0.1) is 0 Å². The zero-order valence-electron chi connectivity index (χ0n) is 13.1. The van der Waals surface area contributed by atoms with Crippen LogP contribution in [0.4, 0.5) is 13.2 Å². The van der Waals surface area contributed by atoms with E-state index in [4.69, 9.17) is 9.47 Å². The monoisotopic (exact) mass is 331 g/mol. The molecule has 0 radical (unpaired) electrons. The second-order valence-corrected chi connectivity index (χ2v) is 5.36. The van der Waals surface area contributed by atoms with Gasteiger partial charge in [0.2, 0.25) is 0 Å². The fourth-order valence-electron chi connectivity index (χ4n) is 2.59. The Hall–Kier alpha value is -1.60. The highest BCUT2D eigenvalue weighted by Crippen LogP contribution is 2.32. The Morgan fingerprint density at radius 3 is 2.70 bits per heavy atom. The molecule has 23 heavy (non-hydrogen) atoms. The zero-order valence-corrected chi connectivity index (χ0v) is 13.1. The van der Waals surface area contributed by atoms with E-state index in [9.17, 15) is 18.0 Å². The Balaban J connectivity index is 2.19. The van der Waals surface area contributed by atoms with Crippen LogP contribution < -0.4 is 0 Å². The third kappa shape index (κ3) is 4.23. The minimum Gasteiger partial charge on any atom is -0.376 e. The molecule has 2 unspecified atom stereocenters. The van der Waals surface area contributed by atoms with E-state index in [0.717, 1.165) is 12.1 Å². The molecule has 2 rings (SSSR count). The van der Waals surface area contributed by atoms with Gasteiger partial charge in [-0.25, -0.2) is 0 Å². The number of amides is 1. The number of carbonyl (C=O) groups is 1. The molecule has 7 heteroatoms. The van der Waals surface area contributed by atoms with Crippen LogP contribution in [0.1, 0.15) is 31.0 Å². The Bertz CT molecular complexity index is 542. The van der Waals surface area contributed by atoms with Gasteiger partial charge in [0.05, 0.1) is 31.4 Å². The molecule has 0 N–H and O–H groups in total. The molecule has 0 bridgehead atoms. The maximum Gasteiger partial charge on any atom is 0.416 e. The fraction of sp³-hybridized carbons (Fsp3) is 0.562. The van der Waals surface area contributed by atoms with Gasteiger partial charge in [-0.3, -0.25) is 4.79 Å². The second-order valence-electron chi connectivity index (χ2n) is 5.36. The lowest BCUT2D eigenvalue weighted by Gasteiger charge is -2.33. The van der Waals surface area contributed by atoms with Gasteiger partial charge in [-0.15, -0.1) is 0 Å². The molecule has 1 saturated heterocycles. The van der Waals surface area contributed by atoms with Gasteiger partial charge in [0.25, 0.3) is 5.91 Å². The number of halogens is 3. The lowest BCUT2D eigenvalue weighted by atomic mass is 10.0. The molecule has 1 aromatic carbocycles. The molecular formula is C16H20F3NO3. The first-order chi connectivity index (χ1) is 10.8. The third-order valence-electron chi connectivity index (χ3n) is 3.88. The van der Waals surface area contributed by atoms with Gasteiger partial charge in [-0.2, -0.15) is 13.2 Å². The van der Waals surface area contributed by atoms with E-state index in [1.807, 2.05) is 0 Å². The van der Waals surface area contributed by atoms with Crippen molar-refractivity contribution in [1.82, 2.24) is 4.90 Å². The zero-order chi connectivity index (χ0) is 17.0. The Morgan fingerprint density at radius 2 is 2.13 bits per heavy atom. The average molecular weight is 331 g/mol. The highest BCUT2D eigenvalue weighted by molar-refractivity contribution is 5.81. The van der Waals surface area contributed by atoms with Crippen molar-refractivity contribution in [2.45, 2.75) is 32.2 Å². The van der Waals surface area contributed by atoms with Gasteiger partial charge < -0.3 is 14.4 Å². The van der Waals surface area contributed by atoms with Gasteiger partial charge in [0.1, 0.15) is 0 Å². The van der Waals surface area contributed by atoms with E-state index in [0.29, 0.717) is 25.3 Å². The smallest absolute Gasteiger partial charge is 0.376 e. The van der Waals surface area contributed by atoms with Crippen LogP contribution in [0.15, 0.2) is 24.3 Å². The van der Waals surface area contributed by atoms with Crippen LogP contribution in [-0.2, 0) is 20.4 Å². The quantitative estimate of drug-likeness (QED) is 0.851. The summed E-state index contributed by atoms with van der Waals surface area (Å²) in [6.45, 7) is 4.82. The predicted octanol–water partition coefficient (Wildman–Crippen LogP) is 3.03. The first kappa shape index (κ1) is 17.7. The van der Waals surface area contributed by atoms with Gasteiger partial charge >= 0.3 is 6.18 Å². The van der Waals surface area contributed by atoms with Crippen LogP contribution >= 0.6 is 0 Å². The van der Waals surface area contributed by atoms with Crippen LogP contribution in [0.3, 0.4) is 0 Å². The number of nitrogens with zero attached hydrogens (tertiary/aromatic N) is 1. The number of benzene rings is 1. The summed E-state index contributed by atoms with van der Waals surface area (Å²) in [6, 6.07) is 4.56. The van der Waals surface area contributed by atoms with Crippen LogP contribution in [0.2, 0.25) is 0 Å². The predicted molar refractivity (Wildman–Crippen MR) is 77.8 cm³/mol. The summed E-state index contributed by atoms with van der Waals surface area (Å²) >= 11 is 0. The molecule has 1 aromatic rings. The Kier molecular flexibility index (Phi) is 5.64. The van der Waals surface area contributed by atoms with Crippen molar-refractivity contribution in [3.05, 3.63) is 35.4 Å². The van der Waals surface area contributed by atoms with E-state index in [-0.39, 0.29) is 12.5 Å². The summed E-state index contributed by atoms with van der Waals surface area (Å²) in [6.07, 6.45) is -5.10.